The van der Waals surface area contributed by atoms with Crippen molar-refractivity contribution in [1.82, 2.24) is 0 Å². The van der Waals surface area contributed by atoms with Gasteiger partial charge in [-0.3, -0.25) is 0 Å². The number of aromatic carboxylic acids is 1. The average Bonchev–Trinajstić information content (AvgIpc) is 3.25. The summed E-state index contributed by atoms with van der Waals surface area (Å²) >= 11 is 0. The second-order valence-electron chi connectivity index (χ2n) is 9.78. The molecule has 6 heteroatoms. The molecular formula is C29H30F2N2O2. The summed E-state index contributed by atoms with van der Waals surface area (Å²) in [5.74, 6) is -2.09. The second kappa shape index (κ2) is 9.68. The van der Waals surface area contributed by atoms with Gasteiger partial charge >= 0.3 is 5.97 Å². The predicted molar refractivity (Wildman–Crippen MR) is 134 cm³/mol. The molecule has 0 amide bonds. The molecule has 1 aliphatic heterocycles. The molecule has 0 aromatic heterocycles. The van der Waals surface area contributed by atoms with Crippen LogP contribution in [0.3, 0.4) is 0 Å². The number of rotatable bonds is 7. The molecule has 2 aliphatic rings. The second-order valence-corrected chi connectivity index (χ2v) is 9.78. The first-order chi connectivity index (χ1) is 17.0. The van der Waals surface area contributed by atoms with Crippen LogP contribution >= 0.6 is 0 Å². The number of anilines is 2. The Bertz CT molecular complexity index is 1160. The molecule has 1 heterocycles. The largest absolute Gasteiger partial charge is 0.478 e. The van der Waals surface area contributed by atoms with E-state index < -0.39 is 23.3 Å². The van der Waals surface area contributed by atoms with Gasteiger partial charge in [0.1, 0.15) is 5.66 Å². The third kappa shape index (κ3) is 4.62. The van der Waals surface area contributed by atoms with Crippen molar-refractivity contribution < 1.29 is 18.7 Å². The van der Waals surface area contributed by atoms with Crippen LogP contribution in [0.1, 0.15) is 60.0 Å². The molecule has 1 fully saturated rings. The van der Waals surface area contributed by atoms with Crippen LogP contribution in [0.4, 0.5) is 20.2 Å². The Kier molecular flexibility index (Phi) is 6.46. The van der Waals surface area contributed by atoms with Crippen molar-refractivity contribution in [3.05, 3.63) is 95.1 Å². The molecule has 182 valence electrons. The van der Waals surface area contributed by atoms with Gasteiger partial charge in [0.15, 0.2) is 11.6 Å². The first-order valence-electron chi connectivity index (χ1n) is 12.4. The standard InChI is InChI=1S/C29H30F2N2O2/c30-24-17-26-27(18-25(24)31)33-29(32-26,22-9-5-2-6-10-22)23(20-7-3-1-4-8-20)16-13-19-11-14-21(15-12-19)28(34)35/h2,5-6,9-12,14-15,17-18,20,23,32-33H,1,3-4,7-8,13,16H2,(H,34,35). The minimum Gasteiger partial charge on any atom is -0.478 e. The molecule has 1 saturated carbocycles. The number of aryl methyl sites for hydroxylation is 1. The Morgan fingerprint density at radius 2 is 1.51 bits per heavy atom. The summed E-state index contributed by atoms with van der Waals surface area (Å²) in [6, 6.07) is 19.6. The zero-order chi connectivity index (χ0) is 24.4. The Hall–Kier alpha value is -3.41. The lowest BCUT2D eigenvalue weighted by Gasteiger charge is -2.44. The maximum Gasteiger partial charge on any atom is 0.335 e. The number of carboxylic acids is 1. The fourth-order valence-electron chi connectivity index (χ4n) is 5.93. The summed E-state index contributed by atoms with van der Waals surface area (Å²) in [6.07, 6.45) is 7.42. The number of nitrogens with one attached hydrogen (secondary N) is 2. The van der Waals surface area contributed by atoms with Crippen LogP contribution < -0.4 is 10.6 Å². The predicted octanol–water partition coefficient (Wildman–Crippen LogP) is 7.18. The topological polar surface area (TPSA) is 61.4 Å². The number of hydrogen-bond donors (Lipinski definition) is 3. The van der Waals surface area contributed by atoms with E-state index in [1.807, 2.05) is 30.3 Å². The summed E-state index contributed by atoms with van der Waals surface area (Å²) < 4.78 is 28.3. The van der Waals surface area contributed by atoms with Gasteiger partial charge in [-0.2, -0.15) is 0 Å². The van der Waals surface area contributed by atoms with Crippen molar-refractivity contribution in [1.29, 1.82) is 0 Å². The normalized spacial score (nSPS) is 17.8. The summed E-state index contributed by atoms with van der Waals surface area (Å²) in [5, 5.41) is 16.4. The van der Waals surface area contributed by atoms with Crippen LogP contribution in [0, 0.1) is 23.5 Å². The van der Waals surface area contributed by atoms with Crippen molar-refractivity contribution in [3.8, 4) is 0 Å². The zero-order valence-electron chi connectivity index (χ0n) is 19.6. The van der Waals surface area contributed by atoms with Crippen LogP contribution in [0.25, 0.3) is 0 Å². The highest BCUT2D eigenvalue weighted by Gasteiger charge is 2.48. The molecule has 35 heavy (non-hydrogen) atoms. The molecule has 3 aromatic carbocycles. The molecule has 0 bridgehead atoms. The van der Waals surface area contributed by atoms with E-state index in [1.165, 1.54) is 31.4 Å². The molecule has 1 aliphatic carbocycles. The molecular weight excluding hydrogens is 446 g/mol. The van der Waals surface area contributed by atoms with Crippen LogP contribution in [0.15, 0.2) is 66.7 Å². The average molecular weight is 477 g/mol. The molecule has 0 spiro atoms. The molecule has 3 aromatic rings. The minimum absolute atomic E-state index is 0.142. The number of carbonyl (C=O) groups is 1. The third-order valence-corrected chi connectivity index (χ3v) is 7.67. The highest BCUT2D eigenvalue weighted by molar-refractivity contribution is 5.87. The smallest absolute Gasteiger partial charge is 0.335 e. The third-order valence-electron chi connectivity index (χ3n) is 7.67. The maximum absolute atomic E-state index is 14.2. The quantitative estimate of drug-likeness (QED) is 0.338. The van der Waals surface area contributed by atoms with E-state index in [0.29, 0.717) is 17.3 Å². The van der Waals surface area contributed by atoms with Crippen molar-refractivity contribution in [2.24, 2.45) is 11.8 Å². The number of benzene rings is 3. The Morgan fingerprint density at radius 3 is 2.09 bits per heavy atom. The molecule has 3 N–H and O–H groups in total. The van der Waals surface area contributed by atoms with Gasteiger partial charge in [0.2, 0.25) is 0 Å². The Morgan fingerprint density at radius 1 is 0.914 bits per heavy atom. The van der Waals surface area contributed by atoms with Gasteiger partial charge in [-0.05, 0) is 42.0 Å². The van der Waals surface area contributed by atoms with E-state index >= 15 is 0 Å². The fourth-order valence-corrected chi connectivity index (χ4v) is 5.93. The summed E-state index contributed by atoms with van der Waals surface area (Å²) in [7, 11) is 0. The lowest BCUT2D eigenvalue weighted by atomic mass is 9.69. The van der Waals surface area contributed by atoms with E-state index in [2.05, 4.69) is 22.8 Å². The zero-order valence-corrected chi connectivity index (χ0v) is 19.6. The molecule has 0 radical (unpaired) electrons. The maximum atomic E-state index is 14.2. The lowest BCUT2D eigenvalue weighted by Crippen LogP contribution is -2.49. The van der Waals surface area contributed by atoms with Gasteiger partial charge in [-0.1, -0.05) is 74.6 Å². The van der Waals surface area contributed by atoms with Crippen molar-refractivity contribution >= 4 is 17.3 Å². The van der Waals surface area contributed by atoms with Crippen LogP contribution in [0.2, 0.25) is 0 Å². The van der Waals surface area contributed by atoms with Gasteiger partial charge in [0, 0.05) is 18.1 Å². The highest BCUT2D eigenvalue weighted by Crippen LogP contribution is 2.50. The summed E-state index contributed by atoms with van der Waals surface area (Å²) in [5.41, 5.74) is 2.82. The molecule has 5 rings (SSSR count). The SMILES string of the molecule is O=C(O)c1ccc(CCC(C2CCCCC2)C2(c3ccccc3)Nc3cc(F)c(F)cc3N2)cc1. The van der Waals surface area contributed by atoms with Gasteiger partial charge < -0.3 is 15.7 Å². The Balaban J connectivity index is 1.52. The number of halogens is 2. The molecule has 0 saturated heterocycles. The summed E-state index contributed by atoms with van der Waals surface area (Å²) in [6.45, 7) is 0. The van der Waals surface area contributed by atoms with Crippen LogP contribution in [0.5, 0.6) is 0 Å². The number of fused-ring (bicyclic) bond motifs is 1. The van der Waals surface area contributed by atoms with Gasteiger partial charge in [-0.15, -0.1) is 0 Å². The van der Waals surface area contributed by atoms with E-state index in [9.17, 15) is 18.7 Å². The van der Waals surface area contributed by atoms with Crippen molar-refractivity contribution in [2.75, 3.05) is 10.6 Å². The van der Waals surface area contributed by atoms with E-state index in [4.69, 9.17) is 0 Å². The molecule has 4 nitrogen and oxygen atoms in total. The monoisotopic (exact) mass is 476 g/mol. The van der Waals surface area contributed by atoms with E-state index in [1.54, 1.807) is 12.1 Å². The van der Waals surface area contributed by atoms with Crippen LogP contribution in [-0.2, 0) is 12.1 Å². The lowest BCUT2D eigenvalue weighted by molar-refractivity contribution is 0.0697. The van der Waals surface area contributed by atoms with Gasteiger partial charge in [0.25, 0.3) is 0 Å². The Labute approximate surface area is 204 Å². The molecule has 1 atom stereocenters. The first-order valence-corrected chi connectivity index (χ1v) is 12.4. The number of hydrogen-bond acceptors (Lipinski definition) is 3. The van der Waals surface area contributed by atoms with Crippen molar-refractivity contribution in [3.63, 3.8) is 0 Å². The molecule has 1 unspecified atom stereocenters. The first kappa shape index (κ1) is 23.3. The van der Waals surface area contributed by atoms with E-state index in [-0.39, 0.29) is 11.5 Å². The van der Waals surface area contributed by atoms with Gasteiger partial charge in [0.05, 0.1) is 16.9 Å². The number of carboxylic acid groups (broad SMARTS) is 1. The fraction of sp³-hybridized carbons (Fsp3) is 0.345. The minimum atomic E-state index is -0.934. The van der Waals surface area contributed by atoms with Crippen LogP contribution in [-0.4, -0.2) is 11.1 Å². The van der Waals surface area contributed by atoms with Crippen molar-refractivity contribution in [2.45, 2.75) is 50.6 Å². The van der Waals surface area contributed by atoms with E-state index in [0.717, 1.165) is 36.8 Å². The highest BCUT2D eigenvalue weighted by atomic mass is 19.2. The van der Waals surface area contributed by atoms with Gasteiger partial charge in [-0.25, -0.2) is 13.6 Å². The summed E-state index contributed by atoms with van der Waals surface area (Å²) in [4.78, 5) is 11.2.